The molecule has 0 aliphatic heterocycles. The van der Waals surface area contributed by atoms with Crippen molar-refractivity contribution >= 4 is 65.3 Å². The molecule has 0 unspecified atom stereocenters. The van der Waals surface area contributed by atoms with Gasteiger partial charge in [0.2, 0.25) is 0 Å². The molecule has 0 atom stereocenters. The minimum absolute atomic E-state index is 0.228. The minimum atomic E-state index is -0.228. The molecule has 0 fully saturated rings. The summed E-state index contributed by atoms with van der Waals surface area (Å²) in [6.07, 6.45) is 1.91. The van der Waals surface area contributed by atoms with Crippen molar-refractivity contribution in [3.05, 3.63) is 187 Å². The van der Waals surface area contributed by atoms with Crippen LogP contribution in [0.15, 0.2) is 176 Å². The number of nitrogens with zero attached hydrogens (tertiary/aromatic N) is 3. The van der Waals surface area contributed by atoms with Gasteiger partial charge in [-0.2, -0.15) is 0 Å². The van der Waals surface area contributed by atoms with Crippen molar-refractivity contribution in [3.63, 3.8) is 0 Å². The molecule has 258 valence electrons. The van der Waals surface area contributed by atoms with E-state index in [4.69, 9.17) is 4.98 Å². The van der Waals surface area contributed by atoms with Crippen LogP contribution in [0.1, 0.15) is 25.0 Å². The summed E-state index contributed by atoms with van der Waals surface area (Å²) in [6, 6.07) is 62.6. The molecular formula is C52H35N3. The zero-order chi connectivity index (χ0) is 36.4. The number of pyridine rings is 1. The van der Waals surface area contributed by atoms with Crippen molar-refractivity contribution in [2.45, 2.75) is 19.3 Å². The molecule has 1 aliphatic rings. The van der Waals surface area contributed by atoms with E-state index in [-0.39, 0.29) is 5.41 Å². The van der Waals surface area contributed by atoms with Gasteiger partial charge >= 0.3 is 0 Å². The van der Waals surface area contributed by atoms with E-state index in [9.17, 15) is 0 Å². The Labute approximate surface area is 318 Å². The number of aromatic nitrogens is 3. The molecular weight excluding hydrogens is 667 g/mol. The third kappa shape index (κ3) is 4.18. The Morgan fingerprint density at radius 2 is 1.04 bits per heavy atom. The molecule has 0 saturated carbocycles. The van der Waals surface area contributed by atoms with Gasteiger partial charge in [0.1, 0.15) is 0 Å². The molecule has 55 heavy (non-hydrogen) atoms. The lowest BCUT2D eigenvalue weighted by Crippen LogP contribution is -2.15. The molecule has 0 amide bonds. The molecule has 1 aliphatic carbocycles. The lowest BCUT2D eigenvalue weighted by Gasteiger charge is -2.22. The van der Waals surface area contributed by atoms with Crippen LogP contribution < -0.4 is 0 Å². The van der Waals surface area contributed by atoms with Gasteiger partial charge in [0.05, 0.1) is 33.3 Å². The molecule has 3 aromatic heterocycles. The average Bonchev–Trinajstić information content (AvgIpc) is 3.82. The first-order chi connectivity index (χ1) is 27.0. The minimum Gasteiger partial charge on any atom is -0.309 e. The number of fused-ring (bicyclic) bond motifs is 12. The van der Waals surface area contributed by atoms with Crippen LogP contribution >= 0.6 is 0 Å². The lowest BCUT2D eigenvalue weighted by atomic mass is 9.82. The van der Waals surface area contributed by atoms with Gasteiger partial charge in [0.25, 0.3) is 0 Å². The number of para-hydroxylation sites is 2. The van der Waals surface area contributed by atoms with E-state index in [2.05, 4.69) is 187 Å². The van der Waals surface area contributed by atoms with E-state index in [1.165, 1.54) is 93.5 Å². The smallest absolute Gasteiger partial charge is 0.0801 e. The first kappa shape index (κ1) is 30.5. The third-order valence-electron chi connectivity index (χ3n) is 12.3. The number of benzene rings is 8. The Bertz CT molecular complexity index is 3400. The number of hydrogen-bond acceptors (Lipinski definition) is 1. The van der Waals surface area contributed by atoms with Gasteiger partial charge in [-0.3, -0.25) is 4.98 Å². The molecule has 0 spiro atoms. The maximum atomic E-state index is 4.92. The first-order valence-electron chi connectivity index (χ1n) is 19.1. The molecule has 8 aromatic carbocycles. The van der Waals surface area contributed by atoms with E-state index < -0.39 is 0 Å². The van der Waals surface area contributed by atoms with Gasteiger partial charge < -0.3 is 9.13 Å². The van der Waals surface area contributed by atoms with Gasteiger partial charge in [0, 0.05) is 49.6 Å². The highest BCUT2D eigenvalue weighted by Crippen LogP contribution is 2.53. The zero-order valence-electron chi connectivity index (χ0n) is 30.6. The van der Waals surface area contributed by atoms with Gasteiger partial charge in [0.15, 0.2) is 0 Å². The Hall–Kier alpha value is -6.97. The van der Waals surface area contributed by atoms with E-state index in [1.807, 2.05) is 12.3 Å². The number of hydrogen-bond donors (Lipinski definition) is 0. The summed E-state index contributed by atoms with van der Waals surface area (Å²) < 4.78 is 4.95. The largest absolute Gasteiger partial charge is 0.309 e. The SMILES string of the molecule is CC1(C)c2cc3c(cc2-c2cc4c5ccccc5n(-c5cccc6ccc7cccnc7c56)c4cc21)c1ccccc1n3-c1cccc(-c2ccccc2)c1. The van der Waals surface area contributed by atoms with Crippen molar-refractivity contribution in [3.8, 4) is 33.6 Å². The van der Waals surface area contributed by atoms with Crippen molar-refractivity contribution in [2.75, 3.05) is 0 Å². The first-order valence-corrected chi connectivity index (χ1v) is 19.1. The highest BCUT2D eigenvalue weighted by atomic mass is 15.0. The fourth-order valence-electron chi connectivity index (χ4n) is 9.73. The molecule has 3 heteroatoms. The Kier molecular flexibility index (Phi) is 6.12. The predicted molar refractivity (Wildman–Crippen MR) is 231 cm³/mol. The highest BCUT2D eigenvalue weighted by molar-refractivity contribution is 6.17. The zero-order valence-corrected chi connectivity index (χ0v) is 30.6. The summed E-state index contributed by atoms with van der Waals surface area (Å²) in [5.41, 5.74) is 15.8. The molecule has 3 heterocycles. The maximum Gasteiger partial charge on any atom is 0.0801 e. The normalized spacial score (nSPS) is 13.4. The van der Waals surface area contributed by atoms with Crippen LogP contribution in [-0.4, -0.2) is 14.1 Å². The summed E-state index contributed by atoms with van der Waals surface area (Å²) in [6.45, 7) is 4.81. The Morgan fingerprint density at radius 3 is 1.78 bits per heavy atom. The fraction of sp³-hybridized carbons (Fsp3) is 0.0577. The predicted octanol–water partition coefficient (Wildman–Crippen LogP) is 13.6. The summed E-state index contributed by atoms with van der Waals surface area (Å²) in [7, 11) is 0. The quantitative estimate of drug-likeness (QED) is 0.168. The Balaban J connectivity index is 1.13. The van der Waals surface area contributed by atoms with Crippen molar-refractivity contribution in [1.29, 1.82) is 0 Å². The van der Waals surface area contributed by atoms with Crippen LogP contribution in [0.4, 0.5) is 0 Å². The van der Waals surface area contributed by atoms with E-state index in [0.29, 0.717) is 0 Å². The van der Waals surface area contributed by atoms with Crippen molar-refractivity contribution in [1.82, 2.24) is 14.1 Å². The average molecular weight is 702 g/mol. The molecule has 0 radical (unpaired) electrons. The van der Waals surface area contributed by atoms with E-state index >= 15 is 0 Å². The second-order valence-corrected chi connectivity index (χ2v) is 15.6. The van der Waals surface area contributed by atoms with E-state index in [0.717, 1.165) is 16.6 Å². The van der Waals surface area contributed by atoms with Gasteiger partial charge in [-0.25, -0.2) is 0 Å². The van der Waals surface area contributed by atoms with Gasteiger partial charge in [-0.15, -0.1) is 0 Å². The Morgan fingerprint density at radius 1 is 0.436 bits per heavy atom. The maximum absolute atomic E-state index is 4.92. The van der Waals surface area contributed by atoms with Crippen LogP contribution in [0.25, 0.3) is 98.9 Å². The molecule has 0 N–H and O–H groups in total. The molecule has 3 nitrogen and oxygen atoms in total. The lowest BCUT2D eigenvalue weighted by molar-refractivity contribution is 0.661. The van der Waals surface area contributed by atoms with Gasteiger partial charge in [-0.05, 0) is 99.4 Å². The monoisotopic (exact) mass is 701 g/mol. The third-order valence-corrected chi connectivity index (χ3v) is 12.3. The summed E-state index contributed by atoms with van der Waals surface area (Å²) in [5.74, 6) is 0. The fourth-order valence-corrected chi connectivity index (χ4v) is 9.73. The van der Waals surface area contributed by atoms with Gasteiger partial charge in [-0.1, -0.05) is 123 Å². The van der Waals surface area contributed by atoms with Crippen LogP contribution in [0.5, 0.6) is 0 Å². The molecule has 12 rings (SSSR count). The summed E-state index contributed by atoms with van der Waals surface area (Å²) >= 11 is 0. The topological polar surface area (TPSA) is 22.8 Å². The molecule has 0 bridgehead atoms. The number of rotatable bonds is 3. The summed E-state index contributed by atoms with van der Waals surface area (Å²) in [4.78, 5) is 4.92. The summed E-state index contributed by atoms with van der Waals surface area (Å²) in [5, 5.41) is 8.59. The second-order valence-electron chi connectivity index (χ2n) is 15.6. The second kappa shape index (κ2) is 11.0. The van der Waals surface area contributed by atoms with Crippen LogP contribution in [-0.2, 0) is 5.41 Å². The van der Waals surface area contributed by atoms with Crippen LogP contribution in [0.2, 0.25) is 0 Å². The van der Waals surface area contributed by atoms with Crippen LogP contribution in [0, 0.1) is 0 Å². The van der Waals surface area contributed by atoms with Crippen molar-refractivity contribution < 1.29 is 0 Å². The molecule has 11 aromatic rings. The van der Waals surface area contributed by atoms with E-state index in [1.54, 1.807) is 0 Å². The molecule has 0 saturated heterocycles. The van der Waals surface area contributed by atoms with Crippen molar-refractivity contribution in [2.24, 2.45) is 0 Å². The highest BCUT2D eigenvalue weighted by Gasteiger charge is 2.37. The standard InChI is InChI=1S/C52H35N3/c1-52(2)43-30-48-41(37-19-6-8-21-45(37)54(48)36-18-10-16-35(27-36)32-13-4-3-5-14-32)28-39(43)40-29-42-38-20-7-9-22-46(38)55(49(42)31-44(40)52)47-23-11-15-33-24-25-34-17-12-26-53-51(34)50(33)47/h3-31H,1-2H3. The van der Waals surface area contributed by atoms with Crippen LogP contribution in [0.3, 0.4) is 0 Å².